The predicted molar refractivity (Wildman–Crippen MR) is 194 cm³/mol. The quantitative estimate of drug-likeness (QED) is 0.233. The van der Waals surface area contributed by atoms with Crippen LogP contribution < -0.4 is 15.0 Å². The van der Waals surface area contributed by atoms with Crippen molar-refractivity contribution in [2.45, 2.75) is 84.9 Å². The molecule has 54 heavy (non-hydrogen) atoms. The highest BCUT2D eigenvalue weighted by Gasteiger charge is 2.48. The summed E-state index contributed by atoms with van der Waals surface area (Å²) in [4.78, 5) is 62.2. The monoisotopic (exact) mass is 752 g/mol. The third-order valence-corrected chi connectivity index (χ3v) is 9.40. The summed E-state index contributed by atoms with van der Waals surface area (Å²) in [5.74, 6) is -2.24. The average Bonchev–Trinajstić information content (AvgIpc) is 3.12. The van der Waals surface area contributed by atoms with E-state index in [1.807, 2.05) is 6.07 Å². The number of ether oxygens (including phenoxy) is 2. The Morgan fingerprint density at radius 2 is 1.67 bits per heavy atom. The Kier molecular flexibility index (Phi) is 11.9. The molecule has 0 aliphatic carbocycles. The van der Waals surface area contributed by atoms with Gasteiger partial charge in [0.05, 0.1) is 28.8 Å². The molecule has 1 fully saturated rings. The standard InChI is InChI=1S/C40H47F3N4O7/c1-26(2)47(29-18-13-20-45(24-29)54-36(50)38(3,4)5)34(48)30-22-32-33(23-31(30)40(41,42)43)53-39(6,28-16-11-8-12-17-28)35(49)46(32)21-19-44-37(51)52-25-27-14-9-7-10-15-27/h7-12,14-17,22-23,26,29H,13,18-21,24-25H2,1-6H3,(H,44,51)/t29-,39+/m1/s1. The van der Waals surface area contributed by atoms with Crippen molar-refractivity contribution in [1.82, 2.24) is 15.3 Å². The largest absolute Gasteiger partial charge is 0.471 e. The van der Waals surface area contributed by atoms with E-state index in [1.54, 1.807) is 89.2 Å². The Bertz CT molecular complexity index is 1830. The van der Waals surface area contributed by atoms with Gasteiger partial charge in [-0.25, -0.2) is 9.59 Å². The zero-order valence-electron chi connectivity index (χ0n) is 31.4. The lowest BCUT2D eigenvalue weighted by Gasteiger charge is -2.43. The van der Waals surface area contributed by atoms with Crippen molar-refractivity contribution in [2.75, 3.05) is 31.1 Å². The Hall–Kier alpha value is -5.11. The van der Waals surface area contributed by atoms with E-state index in [9.17, 15) is 32.3 Å². The first-order chi connectivity index (χ1) is 25.4. The minimum atomic E-state index is -4.98. The van der Waals surface area contributed by atoms with E-state index < -0.39 is 64.3 Å². The molecule has 0 bridgehead atoms. The maximum atomic E-state index is 14.9. The third kappa shape index (κ3) is 8.98. The van der Waals surface area contributed by atoms with E-state index >= 15 is 0 Å². The molecule has 290 valence electrons. The zero-order valence-corrected chi connectivity index (χ0v) is 31.4. The van der Waals surface area contributed by atoms with Crippen LogP contribution in [0.4, 0.5) is 23.7 Å². The van der Waals surface area contributed by atoms with Gasteiger partial charge in [0.2, 0.25) is 5.60 Å². The molecule has 1 saturated heterocycles. The smallest absolute Gasteiger partial charge is 0.417 e. The number of fused-ring (bicyclic) bond motifs is 1. The SMILES string of the molecule is CC(C)N(C(=O)c1cc2c(cc1C(F)(F)F)O[C@@](C)(c1ccccc1)C(=O)N2CCNC(=O)OCc1ccccc1)[C@@H]1CCCN(OC(=O)C(C)(C)C)C1. The van der Waals surface area contributed by atoms with Crippen molar-refractivity contribution >= 4 is 29.6 Å². The van der Waals surface area contributed by atoms with Crippen LogP contribution in [0.15, 0.2) is 72.8 Å². The van der Waals surface area contributed by atoms with Gasteiger partial charge in [-0.15, -0.1) is 5.06 Å². The van der Waals surface area contributed by atoms with Crippen molar-refractivity contribution in [1.29, 1.82) is 0 Å². The van der Waals surface area contributed by atoms with Gasteiger partial charge >= 0.3 is 18.2 Å². The molecule has 2 aliphatic heterocycles. The topological polar surface area (TPSA) is 118 Å². The number of carbonyl (C=O) groups is 4. The molecule has 0 unspecified atom stereocenters. The van der Waals surface area contributed by atoms with Crippen LogP contribution in [0.1, 0.15) is 81.4 Å². The Balaban J connectivity index is 1.49. The summed E-state index contributed by atoms with van der Waals surface area (Å²) < 4.78 is 56.3. The number of piperidine rings is 1. The molecule has 2 heterocycles. The number of alkyl halides is 3. The lowest BCUT2D eigenvalue weighted by Crippen LogP contribution is -2.54. The molecule has 3 aromatic carbocycles. The van der Waals surface area contributed by atoms with Gasteiger partial charge in [-0.1, -0.05) is 60.7 Å². The first-order valence-electron chi connectivity index (χ1n) is 18.0. The molecular weight excluding hydrogens is 705 g/mol. The van der Waals surface area contributed by atoms with Crippen molar-refractivity contribution in [3.8, 4) is 5.75 Å². The minimum absolute atomic E-state index is 0.00783. The molecule has 2 aliphatic rings. The zero-order chi connectivity index (χ0) is 39.4. The number of rotatable bonds is 10. The fourth-order valence-corrected chi connectivity index (χ4v) is 6.55. The number of alkyl carbamates (subject to hydrolysis) is 1. The van der Waals surface area contributed by atoms with Crippen molar-refractivity contribution < 1.29 is 46.7 Å². The summed E-state index contributed by atoms with van der Waals surface area (Å²) in [6.07, 6.45) is -4.73. The van der Waals surface area contributed by atoms with Crippen LogP contribution in [-0.4, -0.2) is 72.1 Å². The van der Waals surface area contributed by atoms with Gasteiger partial charge in [0.1, 0.15) is 12.4 Å². The second-order valence-corrected chi connectivity index (χ2v) is 14.9. The second-order valence-electron chi connectivity index (χ2n) is 14.9. The molecule has 5 rings (SSSR count). The molecule has 14 heteroatoms. The van der Waals surface area contributed by atoms with Crippen LogP contribution in [0.2, 0.25) is 0 Å². The molecule has 2 atom stereocenters. The summed E-state index contributed by atoms with van der Waals surface area (Å²) >= 11 is 0. The van der Waals surface area contributed by atoms with Crippen molar-refractivity contribution in [3.05, 3.63) is 95.1 Å². The van der Waals surface area contributed by atoms with Crippen LogP contribution in [0.5, 0.6) is 5.75 Å². The number of hydrogen-bond donors (Lipinski definition) is 1. The Labute approximate surface area is 313 Å². The number of nitrogens with zero attached hydrogens (tertiary/aromatic N) is 3. The lowest BCUT2D eigenvalue weighted by atomic mass is 9.91. The molecule has 0 spiro atoms. The van der Waals surface area contributed by atoms with E-state index in [4.69, 9.17) is 14.3 Å². The third-order valence-electron chi connectivity index (χ3n) is 9.40. The molecule has 3 amide bonds. The normalized spacial score (nSPS) is 19.1. The maximum Gasteiger partial charge on any atom is 0.417 e. The molecule has 3 aromatic rings. The van der Waals surface area contributed by atoms with Crippen LogP contribution in [0.3, 0.4) is 0 Å². The van der Waals surface area contributed by atoms with Crippen LogP contribution in [0, 0.1) is 5.41 Å². The van der Waals surface area contributed by atoms with E-state index in [1.165, 1.54) is 21.8 Å². The first-order valence-corrected chi connectivity index (χ1v) is 18.0. The summed E-state index contributed by atoms with van der Waals surface area (Å²) in [5.41, 5.74) is -3.31. The molecule has 11 nitrogen and oxygen atoms in total. The highest BCUT2D eigenvalue weighted by molar-refractivity contribution is 6.05. The maximum absolute atomic E-state index is 14.9. The predicted octanol–water partition coefficient (Wildman–Crippen LogP) is 7.09. The number of halogens is 3. The summed E-state index contributed by atoms with van der Waals surface area (Å²) in [6.45, 7) is 10.2. The van der Waals surface area contributed by atoms with Crippen molar-refractivity contribution in [2.24, 2.45) is 5.41 Å². The molecule has 0 radical (unpaired) electrons. The summed E-state index contributed by atoms with van der Waals surface area (Å²) in [6, 6.07) is 18.1. The lowest BCUT2D eigenvalue weighted by molar-refractivity contribution is -0.208. The van der Waals surface area contributed by atoms with E-state index in [0.29, 0.717) is 24.9 Å². The number of benzene rings is 3. The summed E-state index contributed by atoms with van der Waals surface area (Å²) in [5, 5.41) is 4.06. The number of amides is 3. The van der Waals surface area contributed by atoms with E-state index in [-0.39, 0.29) is 37.7 Å². The van der Waals surface area contributed by atoms with Gasteiger partial charge in [0, 0.05) is 37.3 Å². The van der Waals surface area contributed by atoms with Gasteiger partial charge in [0.15, 0.2) is 0 Å². The second kappa shape index (κ2) is 16.1. The molecule has 1 N–H and O–H groups in total. The Morgan fingerprint density at radius 1 is 1.02 bits per heavy atom. The number of hydrogen-bond acceptors (Lipinski definition) is 8. The molecular formula is C40H47F3N4O7. The fraction of sp³-hybridized carbons (Fsp3) is 0.450. The summed E-state index contributed by atoms with van der Waals surface area (Å²) in [7, 11) is 0. The van der Waals surface area contributed by atoms with Gasteiger partial charge in [-0.05, 0) is 72.1 Å². The van der Waals surface area contributed by atoms with Gasteiger partial charge in [-0.3, -0.25) is 9.59 Å². The highest BCUT2D eigenvalue weighted by atomic mass is 19.4. The number of hydroxylamine groups is 2. The van der Waals surface area contributed by atoms with Crippen LogP contribution in [0.25, 0.3) is 0 Å². The van der Waals surface area contributed by atoms with Crippen LogP contribution in [-0.2, 0) is 37.5 Å². The van der Waals surface area contributed by atoms with Crippen LogP contribution >= 0.6 is 0 Å². The minimum Gasteiger partial charge on any atom is -0.471 e. The number of anilines is 1. The average molecular weight is 753 g/mol. The van der Waals surface area contributed by atoms with Gasteiger partial charge in [0.25, 0.3) is 11.8 Å². The van der Waals surface area contributed by atoms with E-state index in [0.717, 1.165) is 17.7 Å². The van der Waals surface area contributed by atoms with Gasteiger partial charge < -0.3 is 29.4 Å². The van der Waals surface area contributed by atoms with E-state index in [2.05, 4.69) is 5.32 Å². The number of nitrogens with one attached hydrogen (secondary N) is 1. The molecule has 0 saturated carbocycles. The van der Waals surface area contributed by atoms with Crippen molar-refractivity contribution in [3.63, 3.8) is 0 Å². The van der Waals surface area contributed by atoms with Gasteiger partial charge in [-0.2, -0.15) is 13.2 Å². The Morgan fingerprint density at radius 3 is 2.28 bits per heavy atom. The first kappa shape index (κ1) is 40.1. The molecule has 0 aromatic heterocycles. The highest BCUT2D eigenvalue weighted by Crippen LogP contribution is 2.47. The fourth-order valence-electron chi connectivity index (χ4n) is 6.55. The number of carbonyl (C=O) groups excluding carboxylic acids is 4.